The molecule has 0 spiro atoms. The third-order valence-electron chi connectivity index (χ3n) is 25.2. The van der Waals surface area contributed by atoms with E-state index in [1.165, 1.54) is 250 Å². The maximum absolute atomic E-state index is 12.2. The molecule has 18 nitrogen and oxygen atoms in total. The molecular formula is C106H167ClN4O14S6. The van der Waals surface area contributed by atoms with Gasteiger partial charge in [0.1, 0.15) is 34.2 Å². The van der Waals surface area contributed by atoms with Crippen molar-refractivity contribution in [1.29, 1.82) is 0 Å². The number of hydrogen-bond acceptors (Lipinski definition) is 20. The number of carbonyl (C=O) groups excluding carboxylic acids is 8. The van der Waals surface area contributed by atoms with Crippen molar-refractivity contribution in [3.05, 3.63) is 145 Å². The molecule has 0 aliphatic carbocycles. The molecule has 8 aliphatic heterocycles. The molecule has 4 saturated heterocycles. The Morgan fingerprint density at radius 1 is 0.344 bits per heavy atom. The summed E-state index contributed by atoms with van der Waals surface area (Å²) in [6, 6.07) is 15.9. The molecule has 4 fully saturated rings. The minimum absolute atomic E-state index is 0.148. The molecule has 14 unspecified atom stereocenters. The lowest BCUT2D eigenvalue weighted by Crippen LogP contribution is -2.49. The van der Waals surface area contributed by atoms with Gasteiger partial charge in [0.25, 0.3) is 23.6 Å². The van der Waals surface area contributed by atoms with Crippen LogP contribution in [0.3, 0.4) is 0 Å². The average Bonchev–Trinajstić information content (AvgIpc) is 1.56. The van der Waals surface area contributed by atoms with E-state index in [4.69, 9.17) is 38.7 Å². The number of unbranched alkanes of at least 4 members (excludes halogenated alkanes) is 24. The Kier molecular flexibility index (Phi) is 62.0. The summed E-state index contributed by atoms with van der Waals surface area (Å²) in [5.41, 5.74) is -1.13. The number of thiol groups is 1. The van der Waals surface area contributed by atoms with Crippen LogP contribution in [0.1, 0.15) is 376 Å². The Labute approximate surface area is 821 Å². The fourth-order valence-electron chi connectivity index (χ4n) is 17.1. The number of carbonyl (C=O) groups is 8. The van der Waals surface area contributed by atoms with Crippen molar-refractivity contribution in [2.24, 2.45) is 23.7 Å². The van der Waals surface area contributed by atoms with Gasteiger partial charge in [0.2, 0.25) is 23.6 Å². The molecular weight excluding hydrogens is 1780 g/mol. The Hall–Kier alpha value is -5.05. The van der Waals surface area contributed by atoms with Crippen LogP contribution in [0.4, 0.5) is 0 Å². The van der Waals surface area contributed by atoms with Gasteiger partial charge in [-0.3, -0.25) is 49.0 Å². The third-order valence-corrected chi connectivity index (χ3v) is 33.8. The predicted molar refractivity (Wildman–Crippen MR) is 553 cm³/mol. The molecule has 4 aromatic rings. The number of hydrazine groups is 1. The second kappa shape index (κ2) is 69.7. The number of fused-ring (bicyclic) bond motifs is 10. The number of alkyl halides is 1. The Morgan fingerprint density at radius 3 is 0.840 bits per heavy atom. The third kappa shape index (κ3) is 42.9. The number of hydrogen-bond donors (Lipinski definition) is 3. The van der Waals surface area contributed by atoms with Crippen molar-refractivity contribution in [3.8, 4) is 0 Å². The molecule has 131 heavy (non-hydrogen) atoms. The van der Waals surface area contributed by atoms with E-state index in [1.807, 2.05) is 113 Å². The molecule has 8 aliphatic rings. The number of nitrogens with one attached hydrogen (secondary N) is 2. The highest BCUT2D eigenvalue weighted by Crippen LogP contribution is 2.53. The largest absolute Gasteiger partial charge is 0.468 e. The zero-order valence-corrected chi connectivity index (χ0v) is 87.6. The minimum Gasteiger partial charge on any atom is -0.468 e. The van der Waals surface area contributed by atoms with Crippen LogP contribution in [0, 0.1) is 23.7 Å². The molecule has 4 bridgehead atoms. The Balaban J connectivity index is 0.000000270. The van der Waals surface area contributed by atoms with Gasteiger partial charge in [-0.05, 0) is 126 Å². The fraction of sp³-hybridized carbons (Fsp3) is 0.698. The lowest BCUT2D eigenvalue weighted by Gasteiger charge is -2.29. The number of rotatable bonds is 59. The van der Waals surface area contributed by atoms with Gasteiger partial charge in [-0.1, -0.05) is 300 Å². The number of imide groups is 4. The van der Waals surface area contributed by atoms with Gasteiger partial charge in [0.05, 0.1) is 78.2 Å². The summed E-state index contributed by atoms with van der Waals surface area (Å²) in [7, 11) is 0. The van der Waals surface area contributed by atoms with Crippen molar-refractivity contribution in [3.63, 3.8) is 0 Å². The second-order valence-electron chi connectivity index (χ2n) is 35.6. The van der Waals surface area contributed by atoms with Gasteiger partial charge < -0.3 is 27.1 Å². The van der Waals surface area contributed by atoms with Gasteiger partial charge in [-0.25, -0.2) is 0 Å². The van der Waals surface area contributed by atoms with E-state index in [1.54, 1.807) is 25.1 Å². The predicted octanol–water partition coefficient (Wildman–Crippen LogP) is 28.7. The van der Waals surface area contributed by atoms with E-state index in [2.05, 4.69) is 125 Å². The lowest BCUT2D eigenvalue weighted by molar-refractivity contribution is -0.169. The van der Waals surface area contributed by atoms with Crippen LogP contribution in [-0.2, 0) is 70.8 Å². The fourth-order valence-corrected chi connectivity index (χ4v) is 23.7. The minimum atomic E-state index is -0.694. The summed E-state index contributed by atoms with van der Waals surface area (Å²) >= 11 is 19.9. The SMILES string of the molecule is CCCCCCCC(CC)SCC12C=CC(O1)C1C(=O)NC(=O)C12.CCCCCCCC(CC)SCC12C=CC(O1)C1C(=O)NC(=O)C12.CCCCCCCC(CC)SCc1ccco1.CCCCCCCC(CC)SCc1ccco1.CCCCCCCC(CC)SCc1ccco1.CCCCCCCC(Cl)CC.O=C1C=CC(=O)N1N1C(=O)C=CC1=O.SCc1ccco1. The Bertz CT molecular complexity index is 3540. The summed E-state index contributed by atoms with van der Waals surface area (Å²) in [6.45, 7) is 27.1. The second-order valence-corrected chi connectivity index (χ2v) is 42.9. The van der Waals surface area contributed by atoms with E-state index in [0.29, 0.717) is 31.6 Å². The normalized spacial score (nSPS) is 21.5. The number of amides is 8. The standard InChI is InChI=1S/2C19H29NO3S.3C15H26OS.C10H21Cl.C8H4N2O4.C5H6OS/c2*1-3-5-6-7-8-9-13(4-2)24-12-19-11-10-14(23-19)15-16(19)18(22)20-17(15)21;3*1-3-5-6-7-8-11-15(4-2)17-13-14-10-9-12-16-14;1-3-5-6-7-8-9-10(11)4-2;11-5-1-2-6(12)9(5)10-7(13)3-4-8(10)14;7-4-5-2-1-3-6-5/h2*10-11,13-16H,3-9,12H2,1-2H3,(H,20,21,22);3*9-10,12,15H,3-8,11,13H2,1-2H3;10H,3-9H2,1-2H3;1-4H;1-3,7H,4H2. The first kappa shape index (κ1) is 116. The van der Waals surface area contributed by atoms with E-state index < -0.39 is 34.8 Å². The van der Waals surface area contributed by atoms with Crippen molar-refractivity contribution in [1.82, 2.24) is 20.7 Å². The van der Waals surface area contributed by atoms with Crippen LogP contribution in [-0.4, -0.2) is 124 Å². The molecule has 738 valence electrons. The summed E-state index contributed by atoms with van der Waals surface area (Å²) < 4.78 is 33.2. The van der Waals surface area contributed by atoms with Crippen molar-refractivity contribution < 1.29 is 65.5 Å². The van der Waals surface area contributed by atoms with Gasteiger partial charge in [0, 0.05) is 73.2 Å². The van der Waals surface area contributed by atoms with Crippen LogP contribution in [0.2, 0.25) is 0 Å². The summed E-state index contributed by atoms with van der Waals surface area (Å²) in [5.74, 6) is 4.92. The van der Waals surface area contributed by atoms with Crippen molar-refractivity contribution in [2.75, 3.05) is 11.5 Å². The quantitative estimate of drug-likeness (QED) is 0.0122. The van der Waals surface area contributed by atoms with Crippen LogP contribution in [0.5, 0.6) is 0 Å². The zero-order valence-electron chi connectivity index (χ0n) is 81.9. The monoisotopic (exact) mass is 1950 g/mol. The molecule has 12 rings (SSSR count). The number of thioether (sulfide) groups is 5. The van der Waals surface area contributed by atoms with E-state index in [-0.39, 0.29) is 59.5 Å². The smallest absolute Gasteiger partial charge is 0.273 e. The molecule has 25 heteroatoms. The molecule has 0 saturated carbocycles. The van der Waals surface area contributed by atoms with E-state index in [0.717, 1.165) is 111 Å². The molecule has 8 amide bonds. The summed E-state index contributed by atoms with van der Waals surface area (Å²) in [5, 5.41) is 10.1. The topological polar surface area (TPSA) is 238 Å². The number of furan rings is 4. The zero-order chi connectivity index (χ0) is 95.3. The van der Waals surface area contributed by atoms with Crippen LogP contribution in [0.25, 0.3) is 0 Å². The highest BCUT2D eigenvalue weighted by molar-refractivity contribution is 8.00. The first-order chi connectivity index (χ1) is 63.7. The van der Waals surface area contributed by atoms with Crippen LogP contribution < -0.4 is 10.6 Å². The Morgan fingerprint density at radius 2 is 0.603 bits per heavy atom. The average molecular weight is 1950 g/mol. The maximum atomic E-state index is 12.2. The highest BCUT2D eigenvalue weighted by Gasteiger charge is 2.66. The molecule has 12 heterocycles. The summed E-state index contributed by atoms with van der Waals surface area (Å²) in [6.07, 6.45) is 74.3. The lowest BCUT2D eigenvalue weighted by atomic mass is 9.78. The number of nitrogens with zero attached hydrogens (tertiary/aromatic N) is 2. The molecule has 14 atom stereocenters. The van der Waals surface area contributed by atoms with Crippen molar-refractivity contribution in [2.45, 2.75) is 431 Å². The van der Waals surface area contributed by atoms with Gasteiger partial charge in [-0.2, -0.15) is 81.5 Å². The van der Waals surface area contributed by atoms with Gasteiger partial charge >= 0.3 is 0 Å². The highest BCUT2D eigenvalue weighted by atomic mass is 35.5. The van der Waals surface area contributed by atoms with E-state index >= 15 is 0 Å². The van der Waals surface area contributed by atoms with Crippen LogP contribution in [0.15, 0.2) is 140 Å². The molecule has 4 aromatic heterocycles. The molecule has 0 radical (unpaired) electrons. The first-order valence-electron chi connectivity index (χ1n) is 50.6. The molecule has 2 N–H and O–H groups in total. The van der Waals surface area contributed by atoms with Gasteiger partial charge in [-0.15, -0.1) is 11.6 Å². The first-order valence-corrected chi connectivity index (χ1v) is 57.0. The number of ether oxygens (including phenoxy) is 2. The van der Waals surface area contributed by atoms with E-state index in [9.17, 15) is 38.4 Å². The number of halogens is 1. The van der Waals surface area contributed by atoms with Crippen molar-refractivity contribution >= 4 is 130 Å². The summed E-state index contributed by atoms with van der Waals surface area (Å²) in [4.78, 5) is 92.7. The molecule has 0 aromatic carbocycles. The van der Waals surface area contributed by atoms with Crippen LogP contribution >= 0.6 is 83.0 Å². The van der Waals surface area contributed by atoms with Gasteiger partial charge in [0.15, 0.2) is 0 Å². The maximum Gasteiger partial charge on any atom is 0.273 e.